The van der Waals surface area contributed by atoms with E-state index < -0.39 is 11.7 Å². The average molecular weight is 519 g/mol. The summed E-state index contributed by atoms with van der Waals surface area (Å²) in [6.07, 6.45) is 2.88. The maximum Gasteiger partial charge on any atom is 0.407 e. The van der Waals surface area contributed by atoms with Gasteiger partial charge in [0.05, 0.1) is 51.7 Å². The van der Waals surface area contributed by atoms with Crippen LogP contribution in [-0.2, 0) is 23.7 Å². The molecule has 2 heterocycles. The second-order valence-electron chi connectivity index (χ2n) is 9.48. The van der Waals surface area contributed by atoms with Crippen molar-refractivity contribution in [1.29, 1.82) is 0 Å². The monoisotopic (exact) mass is 518 g/mol. The lowest BCUT2D eigenvalue weighted by molar-refractivity contribution is -0.121. The fourth-order valence-electron chi connectivity index (χ4n) is 3.71. The number of carbonyl (C=O) groups is 3. The fraction of sp³-hybridized carbons (Fsp3) is 0.870. The number of unbranched alkanes of at least 4 members (excludes halogenated alkanes) is 1. The minimum atomic E-state index is -0.513. The Balaban J connectivity index is 1.29. The Morgan fingerprint density at radius 1 is 0.943 bits per heavy atom. The lowest BCUT2D eigenvalue weighted by atomic mass is 10.0. The molecule has 2 aliphatic rings. The van der Waals surface area contributed by atoms with Crippen molar-refractivity contribution < 1.29 is 33.3 Å². The van der Waals surface area contributed by atoms with Gasteiger partial charge in [0.2, 0.25) is 5.91 Å². The number of alkyl carbamates (subject to hydrolysis) is 1. The maximum atomic E-state index is 11.9. The molecule has 12 heteroatoms. The molecule has 2 saturated heterocycles. The highest BCUT2D eigenvalue weighted by molar-refractivity contribution is 8.00. The third-order valence-electron chi connectivity index (χ3n) is 5.31. The van der Waals surface area contributed by atoms with Crippen molar-refractivity contribution in [3.63, 3.8) is 0 Å². The molecule has 0 aromatic carbocycles. The first-order chi connectivity index (χ1) is 16.7. The molecule has 202 valence electrons. The minimum absolute atomic E-state index is 0.0379. The topological polar surface area (TPSA) is 136 Å². The lowest BCUT2D eigenvalue weighted by Gasteiger charge is -2.19. The van der Waals surface area contributed by atoms with Crippen molar-refractivity contribution in [3.05, 3.63) is 0 Å². The molecule has 2 rings (SSSR count). The Labute approximate surface area is 212 Å². The molecule has 0 bridgehead atoms. The van der Waals surface area contributed by atoms with Crippen LogP contribution in [-0.4, -0.2) is 99.4 Å². The molecule has 0 spiro atoms. The van der Waals surface area contributed by atoms with Crippen LogP contribution in [0.5, 0.6) is 0 Å². The van der Waals surface area contributed by atoms with Crippen molar-refractivity contribution in [1.82, 2.24) is 21.3 Å². The number of thioether (sulfide) groups is 1. The summed E-state index contributed by atoms with van der Waals surface area (Å²) >= 11 is 1.90. The molecule has 0 aromatic rings. The van der Waals surface area contributed by atoms with Gasteiger partial charge < -0.3 is 40.2 Å². The average Bonchev–Trinajstić information content (AvgIpc) is 3.32. The molecule has 11 nitrogen and oxygen atoms in total. The number of amides is 4. The maximum absolute atomic E-state index is 11.9. The summed E-state index contributed by atoms with van der Waals surface area (Å²) in [6.45, 7) is 8.88. The minimum Gasteiger partial charge on any atom is -0.444 e. The molecule has 35 heavy (non-hydrogen) atoms. The molecule has 0 unspecified atom stereocenters. The van der Waals surface area contributed by atoms with Gasteiger partial charge in [-0.25, -0.2) is 9.59 Å². The second-order valence-corrected chi connectivity index (χ2v) is 10.8. The molecule has 4 amide bonds. The van der Waals surface area contributed by atoms with Crippen LogP contribution in [0.1, 0.15) is 46.5 Å². The van der Waals surface area contributed by atoms with E-state index in [0.717, 1.165) is 25.0 Å². The summed E-state index contributed by atoms with van der Waals surface area (Å²) in [4.78, 5) is 34.8. The van der Waals surface area contributed by atoms with Crippen molar-refractivity contribution in [2.24, 2.45) is 0 Å². The first-order valence-corrected chi connectivity index (χ1v) is 13.4. The molecule has 3 atom stereocenters. The number of carbonyl (C=O) groups excluding carboxylic acids is 3. The van der Waals surface area contributed by atoms with E-state index in [1.807, 2.05) is 32.5 Å². The van der Waals surface area contributed by atoms with E-state index in [1.54, 1.807) is 0 Å². The predicted octanol–water partition coefficient (Wildman–Crippen LogP) is 1.40. The summed E-state index contributed by atoms with van der Waals surface area (Å²) in [6, 6.07) is 0.413. The molecule has 0 aromatic heterocycles. The van der Waals surface area contributed by atoms with Gasteiger partial charge in [0.15, 0.2) is 0 Å². The quantitative estimate of drug-likeness (QED) is 0.168. The van der Waals surface area contributed by atoms with E-state index in [0.29, 0.717) is 64.4 Å². The van der Waals surface area contributed by atoms with Crippen LogP contribution in [0.2, 0.25) is 0 Å². The number of nitrogens with one attached hydrogen (secondary N) is 4. The Morgan fingerprint density at radius 2 is 1.57 bits per heavy atom. The van der Waals surface area contributed by atoms with Gasteiger partial charge in [-0.1, -0.05) is 6.42 Å². The Kier molecular flexibility index (Phi) is 13.5. The molecule has 4 N–H and O–H groups in total. The number of hydrogen-bond acceptors (Lipinski definition) is 8. The standard InChI is InChI=1S/C23H42N4O7S/c1-23(2,3)34-22(30)25-9-11-32-13-15-33-14-12-31-10-8-24-19(28)7-5-4-6-18-20-17(16-35-18)26-21(29)27-20/h17-18,20H,4-16H2,1-3H3,(H,24,28)(H,25,30)(H2,26,27,29)/t17-,18-,20-/m0/s1. The number of fused-ring (bicyclic) bond motifs is 1. The van der Waals surface area contributed by atoms with E-state index in [-0.39, 0.29) is 24.0 Å². The smallest absolute Gasteiger partial charge is 0.407 e. The van der Waals surface area contributed by atoms with E-state index in [2.05, 4.69) is 21.3 Å². The molecule has 2 fully saturated rings. The van der Waals surface area contributed by atoms with Crippen LogP contribution < -0.4 is 21.3 Å². The zero-order valence-corrected chi connectivity index (χ0v) is 22.0. The van der Waals surface area contributed by atoms with E-state index in [4.69, 9.17) is 18.9 Å². The van der Waals surface area contributed by atoms with Crippen LogP contribution in [0, 0.1) is 0 Å². The van der Waals surface area contributed by atoms with Gasteiger partial charge in [0.1, 0.15) is 5.60 Å². The highest BCUT2D eigenvalue weighted by atomic mass is 32.2. The van der Waals surface area contributed by atoms with Crippen LogP contribution in [0.15, 0.2) is 0 Å². The van der Waals surface area contributed by atoms with Crippen LogP contribution in [0.25, 0.3) is 0 Å². The van der Waals surface area contributed by atoms with Gasteiger partial charge in [-0.05, 0) is 33.6 Å². The summed E-state index contributed by atoms with van der Waals surface area (Å²) in [7, 11) is 0. The summed E-state index contributed by atoms with van der Waals surface area (Å²) in [5.74, 6) is 0.999. The van der Waals surface area contributed by atoms with Crippen LogP contribution in [0.4, 0.5) is 9.59 Å². The van der Waals surface area contributed by atoms with E-state index in [1.165, 1.54) is 0 Å². The zero-order valence-electron chi connectivity index (χ0n) is 21.2. The summed E-state index contributed by atoms with van der Waals surface area (Å²) < 4.78 is 21.4. The third kappa shape index (κ3) is 13.2. The molecule has 0 aliphatic carbocycles. The van der Waals surface area contributed by atoms with Crippen molar-refractivity contribution in [2.75, 3.05) is 58.5 Å². The van der Waals surface area contributed by atoms with Gasteiger partial charge in [0, 0.05) is 30.5 Å². The molecule has 2 aliphatic heterocycles. The first-order valence-electron chi connectivity index (χ1n) is 12.4. The van der Waals surface area contributed by atoms with Crippen molar-refractivity contribution in [3.8, 4) is 0 Å². The van der Waals surface area contributed by atoms with Gasteiger partial charge in [-0.15, -0.1) is 0 Å². The molecular weight excluding hydrogens is 476 g/mol. The molecule has 0 saturated carbocycles. The second kappa shape index (κ2) is 16.1. The van der Waals surface area contributed by atoms with Gasteiger partial charge in [-0.2, -0.15) is 11.8 Å². The SMILES string of the molecule is CC(C)(C)OC(=O)NCCOCCOCCOCCNC(=O)CCCC[C@@H]1SC[C@@H]2NC(=O)N[C@@H]21. The first kappa shape index (κ1) is 29.5. The van der Waals surface area contributed by atoms with E-state index >= 15 is 0 Å². The molecule has 0 radical (unpaired) electrons. The number of rotatable bonds is 17. The fourth-order valence-corrected chi connectivity index (χ4v) is 5.25. The van der Waals surface area contributed by atoms with Crippen LogP contribution in [0.3, 0.4) is 0 Å². The lowest BCUT2D eigenvalue weighted by Crippen LogP contribution is -2.36. The molecular formula is C23H42N4O7S. The zero-order chi connectivity index (χ0) is 25.5. The van der Waals surface area contributed by atoms with Crippen molar-refractivity contribution >= 4 is 29.8 Å². The van der Waals surface area contributed by atoms with Crippen molar-refractivity contribution in [2.45, 2.75) is 69.4 Å². The summed E-state index contributed by atoms with van der Waals surface area (Å²) in [5.41, 5.74) is -0.513. The normalized spacial score (nSPS) is 21.2. The van der Waals surface area contributed by atoms with Crippen LogP contribution >= 0.6 is 11.8 Å². The summed E-state index contributed by atoms with van der Waals surface area (Å²) in [5, 5.41) is 11.9. The predicted molar refractivity (Wildman–Crippen MR) is 134 cm³/mol. The number of hydrogen-bond donors (Lipinski definition) is 4. The highest BCUT2D eigenvalue weighted by Crippen LogP contribution is 2.33. The van der Waals surface area contributed by atoms with Gasteiger partial charge in [0.25, 0.3) is 0 Å². The highest BCUT2D eigenvalue weighted by Gasteiger charge is 2.42. The third-order valence-corrected chi connectivity index (χ3v) is 6.82. The van der Waals surface area contributed by atoms with Gasteiger partial charge >= 0.3 is 12.1 Å². The van der Waals surface area contributed by atoms with Gasteiger partial charge in [-0.3, -0.25) is 4.79 Å². The number of urea groups is 1. The number of ether oxygens (including phenoxy) is 4. The van der Waals surface area contributed by atoms with E-state index in [9.17, 15) is 14.4 Å². The Morgan fingerprint density at radius 3 is 2.23 bits per heavy atom. The Hall–Kier alpha value is -1.76. The Bertz CT molecular complexity index is 662. The largest absolute Gasteiger partial charge is 0.444 e.